The van der Waals surface area contributed by atoms with Gasteiger partial charge in [0, 0.05) is 5.56 Å². The fraction of sp³-hybridized carbons (Fsp3) is 0.200. The summed E-state index contributed by atoms with van der Waals surface area (Å²) in [7, 11) is 0. The standard InChI is InChI=1S/C10H9ClO3/c1-2-14-10(13)8-6-4-3-5-7(8)9(11)12/h3-6H,2H2,1H3. The van der Waals surface area contributed by atoms with Crippen LogP contribution in [0.5, 0.6) is 0 Å². The van der Waals surface area contributed by atoms with Gasteiger partial charge in [0.2, 0.25) is 0 Å². The lowest BCUT2D eigenvalue weighted by Gasteiger charge is -2.04. The van der Waals surface area contributed by atoms with Crippen molar-refractivity contribution < 1.29 is 14.3 Å². The van der Waals surface area contributed by atoms with Gasteiger partial charge in [-0.25, -0.2) is 4.79 Å². The number of rotatable bonds is 3. The van der Waals surface area contributed by atoms with E-state index in [2.05, 4.69) is 0 Å². The molecule has 0 spiro atoms. The molecule has 0 heterocycles. The van der Waals surface area contributed by atoms with Crippen LogP contribution in [0.4, 0.5) is 0 Å². The van der Waals surface area contributed by atoms with Crippen molar-refractivity contribution in [2.75, 3.05) is 6.61 Å². The molecule has 1 aromatic rings. The van der Waals surface area contributed by atoms with Gasteiger partial charge in [0.1, 0.15) is 0 Å². The minimum Gasteiger partial charge on any atom is -0.462 e. The zero-order valence-electron chi connectivity index (χ0n) is 7.62. The Hall–Kier alpha value is -1.35. The average Bonchev–Trinajstić information content (AvgIpc) is 2.18. The maximum absolute atomic E-state index is 11.3. The minimum atomic E-state index is -0.659. The molecule has 0 aliphatic rings. The molecule has 0 aromatic heterocycles. The highest BCUT2D eigenvalue weighted by Crippen LogP contribution is 2.12. The van der Waals surface area contributed by atoms with Gasteiger partial charge in [0.15, 0.2) is 0 Å². The summed E-state index contributed by atoms with van der Waals surface area (Å²) in [5, 5.41) is -0.659. The van der Waals surface area contributed by atoms with Crippen molar-refractivity contribution >= 4 is 22.8 Å². The Kier molecular flexibility index (Phi) is 3.65. The first-order chi connectivity index (χ1) is 6.66. The molecule has 0 aliphatic carbocycles. The second kappa shape index (κ2) is 4.77. The maximum atomic E-state index is 11.3. The monoisotopic (exact) mass is 212 g/mol. The number of benzene rings is 1. The van der Waals surface area contributed by atoms with Crippen LogP contribution in [0, 0.1) is 0 Å². The van der Waals surface area contributed by atoms with Gasteiger partial charge in [-0.1, -0.05) is 12.1 Å². The van der Waals surface area contributed by atoms with Crippen LogP contribution in [0.2, 0.25) is 0 Å². The van der Waals surface area contributed by atoms with Crippen LogP contribution < -0.4 is 0 Å². The predicted molar refractivity (Wildman–Crippen MR) is 52.6 cm³/mol. The van der Waals surface area contributed by atoms with Gasteiger partial charge in [-0.3, -0.25) is 4.79 Å². The number of ether oxygens (including phenoxy) is 1. The largest absolute Gasteiger partial charge is 0.462 e. The van der Waals surface area contributed by atoms with Crippen LogP contribution in [0.1, 0.15) is 27.6 Å². The third kappa shape index (κ3) is 2.33. The normalized spacial score (nSPS) is 9.57. The topological polar surface area (TPSA) is 43.4 Å². The lowest BCUT2D eigenvalue weighted by molar-refractivity contribution is 0.0524. The summed E-state index contributed by atoms with van der Waals surface area (Å²) in [5.74, 6) is -0.530. The van der Waals surface area contributed by atoms with E-state index in [1.807, 2.05) is 0 Å². The van der Waals surface area contributed by atoms with E-state index in [4.69, 9.17) is 16.3 Å². The molecular weight excluding hydrogens is 204 g/mol. The van der Waals surface area contributed by atoms with Gasteiger partial charge >= 0.3 is 5.97 Å². The van der Waals surface area contributed by atoms with Crippen molar-refractivity contribution in [1.82, 2.24) is 0 Å². The second-order valence-electron chi connectivity index (χ2n) is 2.54. The highest BCUT2D eigenvalue weighted by molar-refractivity contribution is 6.68. The van der Waals surface area contributed by atoms with Crippen molar-refractivity contribution in [3.05, 3.63) is 35.4 Å². The Labute approximate surface area is 86.6 Å². The summed E-state index contributed by atoms with van der Waals surface area (Å²) >= 11 is 5.31. The van der Waals surface area contributed by atoms with E-state index in [0.717, 1.165) is 0 Å². The second-order valence-corrected chi connectivity index (χ2v) is 2.88. The highest BCUT2D eigenvalue weighted by Gasteiger charge is 2.15. The summed E-state index contributed by atoms with van der Waals surface area (Å²) in [6.07, 6.45) is 0. The highest BCUT2D eigenvalue weighted by atomic mass is 35.5. The zero-order valence-corrected chi connectivity index (χ0v) is 8.38. The third-order valence-electron chi connectivity index (χ3n) is 1.63. The molecule has 14 heavy (non-hydrogen) atoms. The summed E-state index contributed by atoms with van der Waals surface area (Å²) in [5.41, 5.74) is 0.377. The van der Waals surface area contributed by atoms with Crippen LogP contribution in [0.3, 0.4) is 0 Å². The first-order valence-corrected chi connectivity index (χ1v) is 4.50. The zero-order chi connectivity index (χ0) is 10.6. The summed E-state index contributed by atoms with van der Waals surface area (Å²) in [6.45, 7) is 1.96. The SMILES string of the molecule is CCOC(=O)c1ccccc1C(=O)Cl. The third-order valence-corrected chi connectivity index (χ3v) is 1.84. The molecule has 1 aromatic carbocycles. The summed E-state index contributed by atoms with van der Waals surface area (Å²) in [4.78, 5) is 22.3. The van der Waals surface area contributed by atoms with E-state index in [1.54, 1.807) is 19.1 Å². The number of hydrogen-bond donors (Lipinski definition) is 0. The number of halogens is 1. The molecular formula is C10H9ClO3. The lowest BCUT2D eigenvalue weighted by Crippen LogP contribution is -2.09. The van der Waals surface area contributed by atoms with Crippen LogP contribution in [-0.2, 0) is 4.74 Å². The molecule has 0 saturated carbocycles. The number of carbonyl (C=O) groups is 2. The quantitative estimate of drug-likeness (QED) is 0.570. The Morgan fingerprint density at radius 1 is 1.29 bits per heavy atom. The van der Waals surface area contributed by atoms with Crippen molar-refractivity contribution in [3.63, 3.8) is 0 Å². The van der Waals surface area contributed by atoms with Gasteiger partial charge in [-0.2, -0.15) is 0 Å². The molecule has 0 fully saturated rings. The van der Waals surface area contributed by atoms with Gasteiger partial charge in [0.05, 0.1) is 12.2 Å². The van der Waals surface area contributed by atoms with Gasteiger partial charge < -0.3 is 4.74 Å². The Bertz CT molecular complexity index is 360. The maximum Gasteiger partial charge on any atom is 0.338 e. The molecule has 0 amide bonds. The Morgan fingerprint density at radius 2 is 1.86 bits per heavy atom. The number of hydrogen-bond acceptors (Lipinski definition) is 3. The van der Waals surface area contributed by atoms with E-state index in [1.165, 1.54) is 12.1 Å². The average molecular weight is 213 g/mol. The number of esters is 1. The van der Waals surface area contributed by atoms with Crippen LogP contribution >= 0.6 is 11.6 Å². The van der Waals surface area contributed by atoms with Crippen LogP contribution in [0.15, 0.2) is 24.3 Å². The Morgan fingerprint density at radius 3 is 2.36 bits per heavy atom. The number of carbonyl (C=O) groups excluding carboxylic acids is 2. The van der Waals surface area contributed by atoms with Gasteiger partial charge in [0.25, 0.3) is 5.24 Å². The molecule has 0 N–H and O–H groups in total. The predicted octanol–water partition coefficient (Wildman–Crippen LogP) is 2.24. The van der Waals surface area contributed by atoms with Crippen molar-refractivity contribution in [2.45, 2.75) is 6.92 Å². The minimum absolute atomic E-state index is 0.174. The van der Waals surface area contributed by atoms with E-state index >= 15 is 0 Å². The summed E-state index contributed by atoms with van der Waals surface area (Å²) in [6, 6.07) is 6.28. The van der Waals surface area contributed by atoms with E-state index < -0.39 is 11.2 Å². The first-order valence-electron chi connectivity index (χ1n) is 4.12. The van der Waals surface area contributed by atoms with Crippen molar-refractivity contribution in [3.8, 4) is 0 Å². The molecule has 3 nitrogen and oxygen atoms in total. The molecule has 0 radical (unpaired) electrons. The van der Waals surface area contributed by atoms with Gasteiger partial charge in [-0.15, -0.1) is 0 Å². The Balaban J connectivity index is 3.07. The smallest absolute Gasteiger partial charge is 0.338 e. The van der Waals surface area contributed by atoms with E-state index in [-0.39, 0.29) is 17.7 Å². The molecule has 4 heteroatoms. The lowest BCUT2D eigenvalue weighted by atomic mass is 10.1. The molecule has 0 atom stereocenters. The first kappa shape index (κ1) is 10.7. The summed E-state index contributed by atoms with van der Waals surface area (Å²) < 4.78 is 4.77. The van der Waals surface area contributed by atoms with Crippen molar-refractivity contribution in [1.29, 1.82) is 0 Å². The molecule has 0 aliphatic heterocycles. The molecule has 0 unspecified atom stereocenters. The fourth-order valence-electron chi connectivity index (χ4n) is 1.04. The van der Waals surface area contributed by atoms with Crippen LogP contribution in [-0.4, -0.2) is 17.8 Å². The molecule has 74 valence electrons. The van der Waals surface area contributed by atoms with E-state index in [0.29, 0.717) is 0 Å². The molecule has 0 saturated heterocycles. The van der Waals surface area contributed by atoms with Crippen molar-refractivity contribution in [2.24, 2.45) is 0 Å². The molecule has 0 bridgehead atoms. The van der Waals surface area contributed by atoms with E-state index in [9.17, 15) is 9.59 Å². The van der Waals surface area contributed by atoms with Crippen LogP contribution in [0.25, 0.3) is 0 Å². The molecule has 1 rings (SSSR count). The van der Waals surface area contributed by atoms with Gasteiger partial charge in [-0.05, 0) is 30.7 Å². The fourth-order valence-corrected chi connectivity index (χ4v) is 1.21.